The Balaban J connectivity index is 1.73. The summed E-state index contributed by atoms with van der Waals surface area (Å²) in [6, 6.07) is 9.45. The molecule has 2 aromatic carbocycles. The van der Waals surface area contributed by atoms with E-state index >= 15 is 0 Å². The molecule has 0 radical (unpaired) electrons. The molecule has 2 heterocycles. The van der Waals surface area contributed by atoms with Gasteiger partial charge in [-0.25, -0.2) is 9.66 Å². The number of nitrogens with zero attached hydrogens (tertiary/aromatic N) is 3. The number of nitrogens with two attached hydrogens (primary N) is 1. The van der Waals surface area contributed by atoms with Gasteiger partial charge < -0.3 is 15.6 Å². The van der Waals surface area contributed by atoms with Gasteiger partial charge in [-0.1, -0.05) is 18.2 Å². The van der Waals surface area contributed by atoms with Gasteiger partial charge in [-0.05, 0) is 54.9 Å². The molecular formula is C19H18N6O2S. The maximum atomic E-state index is 12.1. The molecule has 0 fully saturated rings. The molecule has 0 amide bonds. The summed E-state index contributed by atoms with van der Waals surface area (Å²) in [4.78, 5) is 19.1. The van der Waals surface area contributed by atoms with Crippen LogP contribution in [0, 0.1) is 18.6 Å². The first kappa shape index (κ1) is 17.9. The molecule has 0 spiro atoms. The third-order valence-electron chi connectivity index (χ3n) is 4.83. The van der Waals surface area contributed by atoms with Crippen LogP contribution in [-0.2, 0) is 6.61 Å². The second kappa shape index (κ2) is 6.93. The first-order valence-electron chi connectivity index (χ1n) is 8.58. The molecule has 4 N–H and O–H groups in total. The topological polar surface area (TPSA) is 115 Å². The molecule has 2 aromatic heterocycles. The maximum absolute atomic E-state index is 12.1. The van der Waals surface area contributed by atoms with E-state index in [0.29, 0.717) is 21.5 Å². The van der Waals surface area contributed by atoms with Crippen LogP contribution in [0.5, 0.6) is 5.75 Å². The molecule has 4 aromatic rings. The minimum Gasteiger partial charge on any atom is -0.485 e. The third-order valence-corrected chi connectivity index (χ3v) is 5.12. The van der Waals surface area contributed by atoms with Crippen molar-refractivity contribution in [2.24, 2.45) is 0 Å². The van der Waals surface area contributed by atoms with E-state index in [1.165, 1.54) is 11.0 Å². The van der Waals surface area contributed by atoms with Crippen molar-refractivity contribution in [2.45, 2.75) is 20.5 Å². The molecule has 8 nitrogen and oxygen atoms in total. The van der Waals surface area contributed by atoms with Crippen LogP contribution in [-0.4, -0.2) is 24.8 Å². The number of hydrogen-bond acceptors (Lipinski definition) is 6. The van der Waals surface area contributed by atoms with E-state index in [4.69, 9.17) is 22.8 Å². The van der Waals surface area contributed by atoms with Crippen LogP contribution in [0.1, 0.15) is 17.0 Å². The summed E-state index contributed by atoms with van der Waals surface area (Å²) in [6.07, 6.45) is 1.42. The zero-order valence-corrected chi connectivity index (χ0v) is 16.1. The van der Waals surface area contributed by atoms with E-state index < -0.39 is 0 Å². The van der Waals surface area contributed by atoms with Crippen molar-refractivity contribution in [1.82, 2.24) is 24.8 Å². The van der Waals surface area contributed by atoms with Crippen molar-refractivity contribution in [2.75, 3.05) is 5.84 Å². The lowest BCUT2D eigenvalue weighted by Gasteiger charge is -2.15. The lowest BCUT2D eigenvalue weighted by Crippen LogP contribution is -2.15. The van der Waals surface area contributed by atoms with Gasteiger partial charge in [0.2, 0.25) is 4.77 Å². The molecule has 0 unspecified atom stereocenters. The van der Waals surface area contributed by atoms with Crippen molar-refractivity contribution >= 4 is 23.1 Å². The number of aromatic amines is 2. The minimum absolute atomic E-state index is 0.156. The predicted molar refractivity (Wildman–Crippen MR) is 109 cm³/mol. The van der Waals surface area contributed by atoms with Crippen LogP contribution in [0.2, 0.25) is 0 Å². The molecule has 9 heteroatoms. The third kappa shape index (κ3) is 2.95. The monoisotopic (exact) mass is 394 g/mol. The molecule has 0 bridgehead atoms. The first-order valence-corrected chi connectivity index (χ1v) is 8.99. The molecule has 28 heavy (non-hydrogen) atoms. The number of aromatic nitrogens is 5. The van der Waals surface area contributed by atoms with Gasteiger partial charge in [0.1, 0.15) is 12.4 Å². The molecule has 0 aliphatic rings. The fourth-order valence-corrected chi connectivity index (χ4v) is 3.29. The Bertz CT molecular complexity index is 1300. The SMILES string of the molecule is Cc1c(OCc2n[nH]c(=S)n2N)ccc(-c2cccc3c(=O)[nH]cnc23)c1C. The quantitative estimate of drug-likeness (QED) is 0.362. The van der Waals surface area contributed by atoms with Gasteiger partial charge in [0.05, 0.1) is 17.2 Å². The van der Waals surface area contributed by atoms with E-state index in [1.54, 1.807) is 6.07 Å². The highest BCUT2D eigenvalue weighted by molar-refractivity contribution is 7.71. The highest BCUT2D eigenvalue weighted by atomic mass is 32.1. The molecular weight excluding hydrogens is 376 g/mol. The van der Waals surface area contributed by atoms with Crippen molar-refractivity contribution < 1.29 is 4.74 Å². The molecule has 4 rings (SSSR count). The lowest BCUT2D eigenvalue weighted by atomic mass is 9.95. The fraction of sp³-hybridized carbons (Fsp3) is 0.158. The number of H-pyrrole nitrogens is 2. The molecule has 0 aliphatic carbocycles. The zero-order chi connectivity index (χ0) is 19.8. The Morgan fingerprint density at radius 2 is 2.00 bits per heavy atom. The Hall–Kier alpha value is -3.46. The molecule has 142 valence electrons. The van der Waals surface area contributed by atoms with E-state index in [-0.39, 0.29) is 12.2 Å². The fourth-order valence-electron chi connectivity index (χ4n) is 3.14. The summed E-state index contributed by atoms with van der Waals surface area (Å²) >= 11 is 5.00. The normalized spacial score (nSPS) is 11.1. The average molecular weight is 394 g/mol. The molecule has 0 saturated carbocycles. The summed E-state index contributed by atoms with van der Waals surface area (Å²) in [7, 11) is 0. The van der Waals surface area contributed by atoms with Gasteiger partial charge in [0, 0.05) is 5.56 Å². The average Bonchev–Trinajstić information content (AvgIpc) is 3.01. The molecule has 0 atom stereocenters. The van der Waals surface area contributed by atoms with Crippen LogP contribution < -0.4 is 16.1 Å². The number of nitrogens with one attached hydrogen (secondary N) is 2. The Morgan fingerprint density at radius 1 is 1.18 bits per heavy atom. The molecule has 0 saturated heterocycles. The lowest BCUT2D eigenvalue weighted by molar-refractivity contribution is 0.290. The summed E-state index contributed by atoms with van der Waals surface area (Å²) < 4.78 is 7.51. The first-order chi connectivity index (χ1) is 13.5. The van der Waals surface area contributed by atoms with Gasteiger partial charge >= 0.3 is 0 Å². The number of para-hydroxylation sites is 1. The van der Waals surface area contributed by atoms with Crippen LogP contribution in [0.4, 0.5) is 0 Å². The van der Waals surface area contributed by atoms with Gasteiger partial charge in [0.25, 0.3) is 5.56 Å². The van der Waals surface area contributed by atoms with E-state index in [1.807, 2.05) is 38.1 Å². The van der Waals surface area contributed by atoms with Crippen molar-refractivity contribution in [3.8, 4) is 16.9 Å². The summed E-state index contributed by atoms with van der Waals surface area (Å²) in [5.74, 6) is 7.03. The van der Waals surface area contributed by atoms with Gasteiger partial charge in [0.15, 0.2) is 5.82 Å². The predicted octanol–water partition coefficient (Wildman–Crippen LogP) is 2.75. The van der Waals surface area contributed by atoms with E-state index in [9.17, 15) is 4.79 Å². The zero-order valence-electron chi connectivity index (χ0n) is 15.3. The van der Waals surface area contributed by atoms with Crippen molar-refractivity contribution in [1.29, 1.82) is 0 Å². The second-order valence-corrected chi connectivity index (χ2v) is 6.79. The van der Waals surface area contributed by atoms with Gasteiger partial charge in [-0.3, -0.25) is 9.89 Å². The smallest absolute Gasteiger partial charge is 0.258 e. The number of ether oxygens (including phenoxy) is 1. The molecule has 0 aliphatic heterocycles. The van der Waals surface area contributed by atoms with Crippen LogP contribution >= 0.6 is 12.2 Å². The van der Waals surface area contributed by atoms with Crippen LogP contribution in [0.3, 0.4) is 0 Å². The summed E-state index contributed by atoms with van der Waals surface area (Å²) in [5, 5.41) is 7.23. The van der Waals surface area contributed by atoms with Crippen molar-refractivity contribution in [3.63, 3.8) is 0 Å². The Morgan fingerprint density at radius 3 is 2.75 bits per heavy atom. The minimum atomic E-state index is -0.156. The van der Waals surface area contributed by atoms with E-state index in [0.717, 1.165) is 28.0 Å². The Labute approximate surface area is 165 Å². The second-order valence-electron chi connectivity index (χ2n) is 6.40. The standard InChI is InChI=1S/C19H18N6O2S/c1-10-11(2)15(27-8-16-23-24-19(28)25(16)20)7-6-12(10)13-4-3-5-14-17(13)21-9-22-18(14)26/h3-7,9H,8,20H2,1-2H3,(H,24,28)(H,21,22,26). The highest BCUT2D eigenvalue weighted by Gasteiger charge is 2.14. The largest absolute Gasteiger partial charge is 0.485 e. The highest BCUT2D eigenvalue weighted by Crippen LogP contribution is 2.34. The number of hydrogen-bond donors (Lipinski definition) is 3. The number of nitrogen functional groups attached to an aromatic ring is 1. The van der Waals surface area contributed by atoms with Gasteiger partial charge in [-0.2, -0.15) is 5.10 Å². The van der Waals surface area contributed by atoms with Crippen LogP contribution in [0.25, 0.3) is 22.0 Å². The summed E-state index contributed by atoms with van der Waals surface area (Å²) in [5.41, 5.74) is 4.43. The number of fused-ring (bicyclic) bond motifs is 1. The summed E-state index contributed by atoms with van der Waals surface area (Å²) in [6.45, 7) is 4.19. The van der Waals surface area contributed by atoms with Gasteiger partial charge in [-0.15, -0.1) is 0 Å². The van der Waals surface area contributed by atoms with E-state index in [2.05, 4.69) is 20.2 Å². The Kier molecular flexibility index (Phi) is 4.44. The van der Waals surface area contributed by atoms with Crippen LogP contribution in [0.15, 0.2) is 41.5 Å². The number of rotatable bonds is 4. The maximum Gasteiger partial charge on any atom is 0.258 e. The number of benzene rings is 2. The van der Waals surface area contributed by atoms with Crippen molar-refractivity contribution in [3.05, 3.63) is 68.7 Å².